The van der Waals surface area contributed by atoms with Crippen molar-refractivity contribution >= 4 is 40.2 Å². The zero-order chi connectivity index (χ0) is 17.9. The minimum absolute atomic E-state index is 0.101. The van der Waals surface area contributed by atoms with Crippen molar-refractivity contribution in [3.63, 3.8) is 0 Å². The first-order valence-electron chi connectivity index (χ1n) is 8.37. The Balaban J connectivity index is 1.62. The van der Waals surface area contributed by atoms with Crippen LogP contribution < -0.4 is 15.5 Å². The monoisotopic (exact) mass is 353 g/mol. The normalized spacial score (nSPS) is 14.4. The smallest absolute Gasteiger partial charge is 0.229 e. The van der Waals surface area contributed by atoms with Crippen molar-refractivity contribution in [3.05, 3.63) is 30.6 Å². The summed E-state index contributed by atoms with van der Waals surface area (Å²) in [5, 5.41) is 6.05. The van der Waals surface area contributed by atoms with Crippen LogP contribution in [0, 0.1) is 0 Å². The van der Waals surface area contributed by atoms with Gasteiger partial charge in [-0.25, -0.2) is 4.98 Å². The van der Waals surface area contributed by atoms with Gasteiger partial charge in [-0.2, -0.15) is 9.97 Å². The van der Waals surface area contributed by atoms with E-state index >= 15 is 0 Å². The van der Waals surface area contributed by atoms with E-state index in [0.717, 1.165) is 30.0 Å². The van der Waals surface area contributed by atoms with Crippen LogP contribution in [0.25, 0.3) is 11.2 Å². The van der Waals surface area contributed by atoms with Gasteiger partial charge in [-0.15, -0.1) is 0 Å². The number of hydrogen-bond donors (Lipinski definition) is 3. The summed E-state index contributed by atoms with van der Waals surface area (Å²) >= 11 is 0. The highest BCUT2D eigenvalue weighted by atomic mass is 16.5. The van der Waals surface area contributed by atoms with Gasteiger partial charge in [-0.1, -0.05) is 0 Å². The minimum atomic E-state index is -0.101. The summed E-state index contributed by atoms with van der Waals surface area (Å²) in [5.41, 5.74) is 2.94. The summed E-state index contributed by atoms with van der Waals surface area (Å²) in [6.45, 7) is 4.31. The number of carbonyl (C=O) groups is 1. The van der Waals surface area contributed by atoms with E-state index in [2.05, 4.69) is 35.5 Å². The van der Waals surface area contributed by atoms with Crippen LogP contribution in [0.15, 0.2) is 30.6 Å². The van der Waals surface area contributed by atoms with Crippen molar-refractivity contribution in [1.29, 1.82) is 0 Å². The molecule has 9 nitrogen and oxygen atoms in total. The van der Waals surface area contributed by atoms with Gasteiger partial charge < -0.3 is 25.3 Å². The van der Waals surface area contributed by atoms with Crippen LogP contribution in [0.4, 0.5) is 23.1 Å². The Morgan fingerprint density at radius 1 is 1.15 bits per heavy atom. The maximum atomic E-state index is 11.1. The van der Waals surface area contributed by atoms with Crippen LogP contribution in [0.3, 0.4) is 0 Å². The molecule has 0 aliphatic carbocycles. The van der Waals surface area contributed by atoms with Crippen molar-refractivity contribution in [2.45, 2.75) is 6.92 Å². The van der Waals surface area contributed by atoms with E-state index in [1.54, 1.807) is 6.33 Å². The van der Waals surface area contributed by atoms with Gasteiger partial charge in [0.1, 0.15) is 5.52 Å². The molecule has 134 valence electrons. The third kappa shape index (κ3) is 3.42. The van der Waals surface area contributed by atoms with E-state index in [1.807, 2.05) is 24.3 Å². The maximum Gasteiger partial charge on any atom is 0.229 e. The second-order valence-electron chi connectivity index (χ2n) is 5.96. The van der Waals surface area contributed by atoms with Gasteiger partial charge in [-0.05, 0) is 24.3 Å². The third-order valence-corrected chi connectivity index (χ3v) is 4.04. The lowest BCUT2D eigenvalue weighted by Gasteiger charge is -2.27. The number of rotatable bonds is 4. The predicted molar refractivity (Wildman–Crippen MR) is 98.7 cm³/mol. The molecule has 1 amide bonds. The molecule has 9 heteroatoms. The van der Waals surface area contributed by atoms with Crippen LogP contribution in [-0.2, 0) is 9.53 Å². The molecule has 0 spiro atoms. The Hall–Kier alpha value is -3.20. The number of aromatic amines is 1. The molecule has 3 heterocycles. The first-order chi connectivity index (χ1) is 12.7. The van der Waals surface area contributed by atoms with Crippen LogP contribution in [0.2, 0.25) is 0 Å². The molecule has 0 radical (unpaired) electrons. The van der Waals surface area contributed by atoms with Gasteiger partial charge in [0.25, 0.3) is 0 Å². The lowest BCUT2D eigenvalue weighted by Crippen LogP contribution is -2.37. The largest absolute Gasteiger partial charge is 0.378 e. The Morgan fingerprint density at radius 2 is 1.88 bits per heavy atom. The zero-order valence-electron chi connectivity index (χ0n) is 14.3. The summed E-state index contributed by atoms with van der Waals surface area (Å²) < 4.78 is 5.39. The summed E-state index contributed by atoms with van der Waals surface area (Å²) in [5.74, 6) is 1.18. The number of amides is 1. The molecule has 3 aromatic rings. The lowest BCUT2D eigenvalue weighted by molar-refractivity contribution is -0.114. The second-order valence-corrected chi connectivity index (χ2v) is 5.96. The Morgan fingerprint density at radius 3 is 2.62 bits per heavy atom. The SMILES string of the molecule is CC(=O)Nc1ccc(Nc2nc(N3CCOCC3)nc3nc[nH]c23)cc1. The molecule has 0 bridgehead atoms. The number of nitrogens with zero attached hydrogens (tertiary/aromatic N) is 4. The van der Waals surface area contributed by atoms with E-state index in [0.29, 0.717) is 30.6 Å². The van der Waals surface area contributed by atoms with Crippen molar-refractivity contribution in [1.82, 2.24) is 19.9 Å². The molecule has 1 aliphatic rings. The number of hydrogen-bond acceptors (Lipinski definition) is 7. The fourth-order valence-corrected chi connectivity index (χ4v) is 2.79. The molecule has 26 heavy (non-hydrogen) atoms. The summed E-state index contributed by atoms with van der Waals surface area (Å²) in [6.07, 6.45) is 1.60. The molecule has 0 saturated carbocycles. The van der Waals surface area contributed by atoms with Gasteiger partial charge in [0.05, 0.1) is 19.5 Å². The Labute approximate surface area is 149 Å². The number of nitrogens with one attached hydrogen (secondary N) is 3. The molecule has 1 aliphatic heterocycles. The topological polar surface area (TPSA) is 108 Å². The molecule has 2 aromatic heterocycles. The highest BCUT2D eigenvalue weighted by Crippen LogP contribution is 2.25. The van der Waals surface area contributed by atoms with Crippen molar-refractivity contribution in [2.24, 2.45) is 0 Å². The number of aromatic nitrogens is 4. The molecule has 0 unspecified atom stereocenters. The Bertz CT molecular complexity index is 917. The quantitative estimate of drug-likeness (QED) is 0.657. The highest BCUT2D eigenvalue weighted by molar-refractivity contribution is 5.89. The zero-order valence-corrected chi connectivity index (χ0v) is 14.3. The van der Waals surface area contributed by atoms with E-state index in [1.165, 1.54) is 6.92 Å². The second kappa shape index (κ2) is 6.96. The van der Waals surface area contributed by atoms with Crippen molar-refractivity contribution in [2.75, 3.05) is 41.8 Å². The maximum absolute atomic E-state index is 11.1. The molecule has 0 atom stereocenters. The Kier molecular flexibility index (Phi) is 4.36. The van der Waals surface area contributed by atoms with Crippen LogP contribution in [0.1, 0.15) is 6.92 Å². The van der Waals surface area contributed by atoms with Crippen LogP contribution >= 0.6 is 0 Å². The number of imidazole rings is 1. The minimum Gasteiger partial charge on any atom is -0.378 e. The van der Waals surface area contributed by atoms with Gasteiger partial charge in [0, 0.05) is 31.4 Å². The van der Waals surface area contributed by atoms with E-state index in [4.69, 9.17) is 4.74 Å². The molecular formula is C17H19N7O2. The summed E-state index contributed by atoms with van der Waals surface area (Å²) in [7, 11) is 0. The average Bonchev–Trinajstić information content (AvgIpc) is 3.12. The number of morpholine rings is 1. The molecule has 3 N–H and O–H groups in total. The summed E-state index contributed by atoms with van der Waals surface area (Å²) in [4.78, 5) is 29.8. The van der Waals surface area contributed by atoms with Gasteiger partial charge in [0.2, 0.25) is 11.9 Å². The molecular weight excluding hydrogens is 334 g/mol. The number of ether oxygens (including phenoxy) is 1. The average molecular weight is 353 g/mol. The molecule has 1 saturated heterocycles. The fourth-order valence-electron chi connectivity index (χ4n) is 2.79. The summed E-state index contributed by atoms with van der Waals surface area (Å²) in [6, 6.07) is 7.42. The third-order valence-electron chi connectivity index (χ3n) is 4.04. The van der Waals surface area contributed by atoms with Crippen LogP contribution in [-0.4, -0.2) is 52.1 Å². The van der Waals surface area contributed by atoms with E-state index in [-0.39, 0.29) is 5.91 Å². The molecule has 1 fully saturated rings. The predicted octanol–water partition coefficient (Wildman–Crippen LogP) is 1.89. The van der Waals surface area contributed by atoms with Crippen molar-refractivity contribution in [3.8, 4) is 0 Å². The number of benzene rings is 1. The number of carbonyl (C=O) groups excluding carboxylic acids is 1. The van der Waals surface area contributed by atoms with Gasteiger partial charge >= 0.3 is 0 Å². The molecule has 4 rings (SSSR count). The first-order valence-corrected chi connectivity index (χ1v) is 8.37. The highest BCUT2D eigenvalue weighted by Gasteiger charge is 2.17. The van der Waals surface area contributed by atoms with E-state index in [9.17, 15) is 4.79 Å². The van der Waals surface area contributed by atoms with Crippen molar-refractivity contribution < 1.29 is 9.53 Å². The van der Waals surface area contributed by atoms with Gasteiger partial charge in [-0.3, -0.25) is 4.79 Å². The van der Waals surface area contributed by atoms with Crippen LogP contribution in [0.5, 0.6) is 0 Å². The first kappa shape index (κ1) is 16.3. The number of fused-ring (bicyclic) bond motifs is 1. The molecule has 1 aromatic carbocycles. The number of H-pyrrole nitrogens is 1. The lowest BCUT2D eigenvalue weighted by atomic mass is 10.2. The number of anilines is 4. The standard InChI is InChI=1S/C17H19N7O2/c1-11(25)20-12-2-4-13(5-3-12)21-16-14-15(19-10-18-14)22-17(23-16)24-6-8-26-9-7-24/h2-5,10H,6-9H2,1H3,(H,20,25)(H2,18,19,21,22,23). The fraction of sp³-hybridized carbons (Fsp3) is 0.294. The van der Waals surface area contributed by atoms with Gasteiger partial charge in [0.15, 0.2) is 11.5 Å². The van der Waals surface area contributed by atoms with E-state index < -0.39 is 0 Å².